The molecule has 0 bridgehead atoms. The van der Waals surface area contributed by atoms with E-state index in [1.54, 1.807) is 18.2 Å². The molecule has 0 radical (unpaired) electrons. The molecule has 0 aliphatic heterocycles. The number of carbonyl (C=O) groups is 1. The van der Waals surface area contributed by atoms with Crippen LogP contribution in [0.2, 0.25) is 5.02 Å². The van der Waals surface area contributed by atoms with Gasteiger partial charge in [0.2, 0.25) is 5.91 Å². The van der Waals surface area contributed by atoms with Crippen LogP contribution in [-0.2, 0) is 6.54 Å². The average Bonchev–Trinajstić information content (AvgIpc) is 2.35. The highest BCUT2D eigenvalue weighted by atomic mass is 35.5. The minimum Gasteiger partial charge on any atom is -0.396 e. The van der Waals surface area contributed by atoms with Gasteiger partial charge in [-0.1, -0.05) is 24.6 Å². The van der Waals surface area contributed by atoms with E-state index in [1.165, 1.54) is 0 Å². The molecule has 1 aromatic carbocycles. The van der Waals surface area contributed by atoms with Gasteiger partial charge >= 0.3 is 0 Å². The molecule has 4 nitrogen and oxygen atoms in total. The number of halogens is 1. The van der Waals surface area contributed by atoms with Gasteiger partial charge < -0.3 is 16.2 Å². The molecule has 0 aromatic heterocycles. The number of nitrogens with one attached hydrogen (secondary N) is 1. The molecule has 18 heavy (non-hydrogen) atoms. The molecular weight excluding hydrogens is 252 g/mol. The zero-order valence-corrected chi connectivity index (χ0v) is 11.2. The molecule has 1 rings (SSSR count). The van der Waals surface area contributed by atoms with Crippen molar-refractivity contribution in [2.75, 3.05) is 6.61 Å². The van der Waals surface area contributed by atoms with Gasteiger partial charge in [-0.05, 0) is 30.5 Å². The number of rotatable bonds is 7. The lowest BCUT2D eigenvalue weighted by Crippen LogP contribution is -2.29. The van der Waals surface area contributed by atoms with Gasteiger partial charge in [-0.25, -0.2) is 0 Å². The maximum absolute atomic E-state index is 11.0. The summed E-state index contributed by atoms with van der Waals surface area (Å²) in [7, 11) is 0. The minimum atomic E-state index is -0.483. The Balaban J connectivity index is 2.65. The molecule has 100 valence electrons. The third kappa shape index (κ3) is 4.29. The Labute approximate surface area is 112 Å². The second kappa shape index (κ2) is 7.36. The number of aliphatic hydroxyl groups is 1. The summed E-state index contributed by atoms with van der Waals surface area (Å²) in [6.07, 6.45) is 1.66. The largest absolute Gasteiger partial charge is 0.396 e. The maximum Gasteiger partial charge on any atom is 0.248 e. The topological polar surface area (TPSA) is 75.3 Å². The molecule has 4 N–H and O–H groups in total. The van der Waals surface area contributed by atoms with Crippen molar-refractivity contribution in [1.82, 2.24) is 5.32 Å². The van der Waals surface area contributed by atoms with Crippen LogP contribution in [0.25, 0.3) is 0 Å². The van der Waals surface area contributed by atoms with E-state index in [1.807, 2.05) is 0 Å². The van der Waals surface area contributed by atoms with Gasteiger partial charge in [-0.2, -0.15) is 0 Å². The van der Waals surface area contributed by atoms with Crippen molar-refractivity contribution in [2.45, 2.75) is 32.4 Å². The van der Waals surface area contributed by atoms with Crippen LogP contribution in [-0.4, -0.2) is 23.7 Å². The van der Waals surface area contributed by atoms with Gasteiger partial charge in [0.05, 0.1) is 0 Å². The molecule has 0 spiro atoms. The highest BCUT2D eigenvalue weighted by Crippen LogP contribution is 2.18. The highest BCUT2D eigenvalue weighted by molar-refractivity contribution is 6.31. The van der Waals surface area contributed by atoms with Crippen molar-refractivity contribution >= 4 is 17.5 Å². The zero-order valence-electron chi connectivity index (χ0n) is 10.4. The summed E-state index contributed by atoms with van der Waals surface area (Å²) in [6, 6.07) is 5.30. The van der Waals surface area contributed by atoms with Gasteiger partial charge in [0, 0.05) is 29.8 Å². The van der Waals surface area contributed by atoms with Crippen molar-refractivity contribution in [3.63, 3.8) is 0 Å². The second-order valence-electron chi connectivity index (χ2n) is 4.17. The molecule has 1 amide bonds. The average molecular weight is 271 g/mol. The first kappa shape index (κ1) is 15.0. The molecule has 0 aliphatic rings. The number of carbonyl (C=O) groups excluding carboxylic acids is 1. The summed E-state index contributed by atoms with van der Waals surface area (Å²) in [5, 5.41) is 12.7. The van der Waals surface area contributed by atoms with E-state index in [9.17, 15) is 4.79 Å². The Kier molecular flexibility index (Phi) is 6.12. The van der Waals surface area contributed by atoms with E-state index in [0.29, 0.717) is 23.6 Å². The fourth-order valence-electron chi connectivity index (χ4n) is 1.70. The van der Waals surface area contributed by atoms with Crippen LogP contribution >= 0.6 is 11.6 Å². The van der Waals surface area contributed by atoms with Crippen LogP contribution < -0.4 is 11.1 Å². The predicted molar refractivity (Wildman–Crippen MR) is 72.6 cm³/mol. The number of nitrogens with two attached hydrogens (primary N) is 1. The lowest BCUT2D eigenvalue weighted by Gasteiger charge is -2.16. The Morgan fingerprint density at radius 2 is 2.28 bits per heavy atom. The van der Waals surface area contributed by atoms with Crippen LogP contribution in [0.1, 0.15) is 35.7 Å². The predicted octanol–water partition coefficient (Wildman–Crippen LogP) is 1.69. The summed E-state index contributed by atoms with van der Waals surface area (Å²) in [5.74, 6) is -0.483. The Bertz CT molecular complexity index is 410. The van der Waals surface area contributed by atoms with Gasteiger partial charge in [0.1, 0.15) is 0 Å². The SMILES string of the molecule is CCC(CCO)NCc1ccc(C(N)=O)cc1Cl. The third-order valence-electron chi connectivity index (χ3n) is 2.89. The van der Waals surface area contributed by atoms with E-state index in [0.717, 1.165) is 12.0 Å². The molecule has 1 atom stereocenters. The molecule has 0 saturated carbocycles. The Morgan fingerprint density at radius 3 is 2.78 bits per heavy atom. The number of aliphatic hydroxyl groups excluding tert-OH is 1. The number of hydrogen-bond acceptors (Lipinski definition) is 3. The minimum absolute atomic E-state index is 0.167. The lowest BCUT2D eigenvalue weighted by molar-refractivity contribution is 0.100. The first-order chi connectivity index (χ1) is 8.58. The van der Waals surface area contributed by atoms with Gasteiger partial charge in [-0.3, -0.25) is 4.79 Å². The number of amides is 1. The molecule has 0 heterocycles. The Morgan fingerprint density at radius 1 is 1.56 bits per heavy atom. The second-order valence-corrected chi connectivity index (χ2v) is 4.58. The first-order valence-corrected chi connectivity index (χ1v) is 6.38. The highest BCUT2D eigenvalue weighted by Gasteiger charge is 2.08. The van der Waals surface area contributed by atoms with Gasteiger partial charge in [0.15, 0.2) is 0 Å². The quantitative estimate of drug-likeness (QED) is 0.706. The van der Waals surface area contributed by atoms with Crippen LogP contribution in [0.5, 0.6) is 0 Å². The van der Waals surface area contributed by atoms with E-state index in [4.69, 9.17) is 22.4 Å². The molecule has 1 unspecified atom stereocenters. The zero-order chi connectivity index (χ0) is 13.5. The molecule has 1 aromatic rings. The van der Waals surface area contributed by atoms with Crippen LogP contribution in [0.3, 0.4) is 0 Å². The van der Waals surface area contributed by atoms with Crippen molar-refractivity contribution in [2.24, 2.45) is 5.73 Å². The van der Waals surface area contributed by atoms with Crippen molar-refractivity contribution in [3.05, 3.63) is 34.3 Å². The molecule has 0 saturated heterocycles. The lowest BCUT2D eigenvalue weighted by atomic mass is 10.1. The number of hydrogen-bond donors (Lipinski definition) is 3. The van der Waals surface area contributed by atoms with Gasteiger partial charge in [-0.15, -0.1) is 0 Å². The van der Waals surface area contributed by atoms with Crippen LogP contribution in [0.4, 0.5) is 0 Å². The number of primary amides is 1. The fourth-order valence-corrected chi connectivity index (χ4v) is 1.95. The van der Waals surface area contributed by atoms with Crippen LogP contribution in [0.15, 0.2) is 18.2 Å². The van der Waals surface area contributed by atoms with E-state index in [2.05, 4.69) is 12.2 Å². The molecular formula is C13H19ClN2O2. The van der Waals surface area contributed by atoms with E-state index < -0.39 is 5.91 Å². The monoisotopic (exact) mass is 270 g/mol. The maximum atomic E-state index is 11.0. The molecule has 0 aliphatic carbocycles. The fraction of sp³-hybridized carbons (Fsp3) is 0.462. The summed E-state index contributed by atoms with van der Waals surface area (Å²) in [6.45, 7) is 2.83. The molecule has 5 heteroatoms. The number of benzene rings is 1. The third-order valence-corrected chi connectivity index (χ3v) is 3.24. The van der Waals surface area contributed by atoms with E-state index >= 15 is 0 Å². The first-order valence-electron chi connectivity index (χ1n) is 6.01. The standard InChI is InChI=1S/C13H19ClN2O2/c1-2-11(5-6-17)16-8-10-4-3-9(13(15)18)7-12(10)14/h3-4,7,11,16-17H,2,5-6,8H2,1H3,(H2,15,18). The summed E-state index contributed by atoms with van der Waals surface area (Å²) in [4.78, 5) is 11.0. The van der Waals surface area contributed by atoms with Crippen molar-refractivity contribution in [1.29, 1.82) is 0 Å². The molecule has 0 fully saturated rings. The Hall–Kier alpha value is -1.10. The normalized spacial score (nSPS) is 12.4. The summed E-state index contributed by atoms with van der Waals surface area (Å²) < 4.78 is 0. The smallest absolute Gasteiger partial charge is 0.248 e. The van der Waals surface area contributed by atoms with E-state index in [-0.39, 0.29) is 12.6 Å². The van der Waals surface area contributed by atoms with Crippen molar-refractivity contribution < 1.29 is 9.90 Å². The van der Waals surface area contributed by atoms with Crippen LogP contribution in [0, 0.1) is 0 Å². The van der Waals surface area contributed by atoms with Crippen molar-refractivity contribution in [3.8, 4) is 0 Å². The summed E-state index contributed by atoms with van der Waals surface area (Å²) >= 11 is 6.08. The van der Waals surface area contributed by atoms with Gasteiger partial charge in [0.25, 0.3) is 0 Å². The summed E-state index contributed by atoms with van der Waals surface area (Å²) in [5.41, 5.74) is 6.50.